The molecule has 0 spiro atoms. The van der Waals surface area contributed by atoms with E-state index in [0.29, 0.717) is 16.6 Å². The Morgan fingerprint density at radius 1 is 1.45 bits per heavy atom. The topological polar surface area (TPSA) is 46.3 Å². The summed E-state index contributed by atoms with van der Waals surface area (Å²) < 4.78 is 0. The first-order valence-corrected chi connectivity index (χ1v) is 7.59. The highest BCUT2D eigenvalue weighted by Crippen LogP contribution is 2.43. The molecule has 0 bridgehead atoms. The molecule has 3 nitrogen and oxygen atoms in total. The molecular weight excluding hydrogens is 295 g/mol. The molecule has 1 aliphatic carbocycles. The SMILES string of the molecule is CC(c1ccc(Cl)cc1Cl)N(C)C(=O)C1(CN)CCC1. The molecule has 0 heterocycles. The smallest absolute Gasteiger partial charge is 0.230 e. The number of rotatable bonds is 4. The lowest BCUT2D eigenvalue weighted by atomic mass is 9.67. The summed E-state index contributed by atoms with van der Waals surface area (Å²) >= 11 is 12.1. The fourth-order valence-electron chi connectivity index (χ4n) is 2.71. The van der Waals surface area contributed by atoms with Crippen molar-refractivity contribution in [1.29, 1.82) is 0 Å². The molecule has 1 unspecified atom stereocenters. The van der Waals surface area contributed by atoms with E-state index < -0.39 is 0 Å². The van der Waals surface area contributed by atoms with Gasteiger partial charge in [0.15, 0.2) is 0 Å². The summed E-state index contributed by atoms with van der Waals surface area (Å²) in [6.07, 6.45) is 2.84. The van der Waals surface area contributed by atoms with Crippen molar-refractivity contribution in [1.82, 2.24) is 4.90 Å². The predicted octanol–water partition coefficient (Wildman–Crippen LogP) is 3.64. The zero-order chi connectivity index (χ0) is 14.9. The molecule has 1 amide bonds. The zero-order valence-electron chi connectivity index (χ0n) is 11.8. The second-order valence-corrected chi connectivity index (χ2v) is 6.44. The predicted molar refractivity (Wildman–Crippen MR) is 83.0 cm³/mol. The average Bonchev–Trinajstić information content (AvgIpc) is 2.36. The molecule has 1 aliphatic rings. The first-order valence-electron chi connectivity index (χ1n) is 6.83. The summed E-state index contributed by atoms with van der Waals surface area (Å²) in [4.78, 5) is 14.4. The number of halogens is 2. The fourth-order valence-corrected chi connectivity index (χ4v) is 3.27. The Balaban J connectivity index is 2.19. The van der Waals surface area contributed by atoms with Crippen molar-refractivity contribution in [2.24, 2.45) is 11.1 Å². The van der Waals surface area contributed by atoms with Gasteiger partial charge in [0.25, 0.3) is 0 Å². The molecular formula is C15H20Cl2N2O. The zero-order valence-corrected chi connectivity index (χ0v) is 13.3. The lowest BCUT2D eigenvalue weighted by molar-refractivity contribution is -0.147. The molecule has 0 saturated heterocycles. The van der Waals surface area contributed by atoms with Crippen molar-refractivity contribution in [3.05, 3.63) is 33.8 Å². The Bertz CT molecular complexity index is 509. The van der Waals surface area contributed by atoms with E-state index in [4.69, 9.17) is 28.9 Å². The van der Waals surface area contributed by atoms with E-state index in [-0.39, 0.29) is 17.4 Å². The van der Waals surface area contributed by atoms with Gasteiger partial charge in [-0.2, -0.15) is 0 Å². The van der Waals surface area contributed by atoms with Crippen LogP contribution in [0.15, 0.2) is 18.2 Å². The van der Waals surface area contributed by atoms with Crippen molar-refractivity contribution in [3.63, 3.8) is 0 Å². The van der Waals surface area contributed by atoms with Crippen LogP contribution in [0.25, 0.3) is 0 Å². The van der Waals surface area contributed by atoms with Crippen LogP contribution in [0.1, 0.15) is 37.8 Å². The van der Waals surface area contributed by atoms with Crippen LogP contribution >= 0.6 is 23.2 Å². The highest BCUT2D eigenvalue weighted by molar-refractivity contribution is 6.35. The summed E-state index contributed by atoms with van der Waals surface area (Å²) in [5.74, 6) is 0.116. The molecule has 1 saturated carbocycles. The minimum Gasteiger partial charge on any atom is -0.338 e. The molecule has 1 atom stereocenters. The Hall–Kier alpha value is -0.770. The molecule has 20 heavy (non-hydrogen) atoms. The van der Waals surface area contributed by atoms with E-state index >= 15 is 0 Å². The number of hydrogen-bond acceptors (Lipinski definition) is 2. The molecule has 0 aromatic heterocycles. The van der Waals surface area contributed by atoms with Crippen LogP contribution in [-0.2, 0) is 4.79 Å². The van der Waals surface area contributed by atoms with Crippen LogP contribution in [0.4, 0.5) is 0 Å². The van der Waals surface area contributed by atoms with Gasteiger partial charge in [0.2, 0.25) is 5.91 Å². The van der Waals surface area contributed by atoms with Crippen molar-refractivity contribution in [2.75, 3.05) is 13.6 Å². The Morgan fingerprint density at radius 3 is 2.55 bits per heavy atom. The van der Waals surface area contributed by atoms with Gasteiger partial charge in [0.1, 0.15) is 0 Å². The van der Waals surface area contributed by atoms with Crippen LogP contribution < -0.4 is 5.73 Å². The quantitative estimate of drug-likeness (QED) is 0.922. The number of amides is 1. The first-order chi connectivity index (χ1) is 9.41. The van der Waals surface area contributed by atoms with Crippen molar-refractivity contribution < 1.29 is 4.79 Å². The number of carbonyl (C=O) groups is 1. The summed E-state index contributed by atoms with van der Waals surface area (Å²) in [7, 11) is 1.81. The molecule has 1 aromatic carbocycles. The van der Waals surface area contributed by atoms with Gasteiger partial charge < -0.3 is 10.6 Å². The minimum absolute atomic E-state index is 0.101. The van der Waals surface area contributed by atoms with Gasteiger partial charge in [-0.25, -0.2) is 0 Å². The largest absolute Gasteiger partial charge is 0.338 e. The third-order valence-corrected chi connectivity index (χ3v) is 5.03. The second kappa shape index (κ2) is 5.92. The Labute approximate surface area is 130 Å². The van der Waals surface area contributed by atoms with Crippen LogP contribution in [0, 0.1) is 5.41 Å². The maximum atomic E-state index is 12.6. The van der Waals surface area contributed by atoms with Crippen molar-refractivity contribution >= 4 is 29.1 Å². The third kappa shape index (κ3) is 2.67. The van der Waals surface area contributed by atoms with Gasteiger partial charge in [0.05, 0.1) is 11.5 Å². The van der Waals surface area contributed by atoms with Gasteiger partial charge in [-0.15, -0.1) is 0 Å². The molecule has 2 N–H and O–H groups in total. The standard InChI is InChI=1S/C15H20Cl2N2O/c1-10(12-5-4-11(16)8-13(12)17)19(2)14(20)15(9-18)6-3-7-15/h4-5,8,10H,3,6-7,9,18H2,1-2H3. The number of carbonyl (C=O) groups excluding carboxylic acids is 1. The van der Waals surface area contributed by atoms with E-state index in [1.54, 1.807) is 17.0 Å². The van der Waals surface area contributed by atoms with Gasteiger partial charge in [-0.1, -0.05) is 35.7 Å². The first kappa shape index (κ1) is 15.6. The van der Waals surface area contributed by atoms with Crippen molar-refractivity contribution in [3.8, 4) is 0 Å². The minimum atomic E-state index is -0.359. The van der Waals surface area contributed by atoms with E-state index in [9.17, 15) is 4.79 Å². The number of benzene rings is 1. The average molecular weight is 315 g/mol. The molecule has 1 fully saturated rings. The molecule has 1 aromatic rings. The highest BCUT2D eigenvalue weighted by atomic mass is 35.5. The van der Waals surface area contributed by atoms with E-state index in [2.05, 4.69) is 0 Å². The van der Waals surface area contributed by atoms with E-state index in [1.807, 2.05) is 20.0 Å². The summed E-state index contributed by atoms with van der Waals surface area (Å²) in [6.45, 7) is 2.38. The van der Waals surface area contributed by atoms with Gasteiger partial charge in [0, 0.05) is 23.6 Å². The summed E-state index contributed by atoms with van der Waals surface area (Å²) in [5.41, 5.74) is 6.35. The normalized spacial score (nSPS) is 18.2. The summed E-state index contributed by atoms with van der Waals surface area (Å²) in [5, 5.41) is 1.18. The lowest BCUT2D eigenvalue weighted by Crippen LogP contribution is -2.51. The van der Waals surface area contributed by atoms with E-state index in [1.165, 1.54) is 0 Å². The molecule has 0 radical (unpaired) electrons. The van der Waals surface area contributed by atoms with Crippen LogP contribution in [0.3, 0.4) is 0 Å². The van der Waals surface area contributed by atoms with Crippen LogP contribution in [0.2, 0.25) is 10.0 Å². The summed E-state index contributed by atoms with van der Waals surface area (Å²) in [6, 6.07) is 5.26. The Kier molecular flexibility index (Phi) is 4.62. The molecule has 5 heteroatoms. The maximum Gasteiger partial charge on any atom is 0.230 e. The van der Waals surface area contributed by atoms with Crippen molar-refractivity contribution in [2.45, 2.75) is 32.2 Å². The number of nitrogens with two attached hydrogens (primary N) is 1. The third-order valence-electron chi connectivity index (χ3n) is 4.47. The highest BCUT2D eigenvalue weighted by Gasteiger charge is 2.45. The van der Waals surface area contributed by atoms with Crippen LogP contribution in [-0.4, -0.2) is 24.4 Å². The lowest BCUT2D eigenvalue weighted by Gasteiger charge is -2.43. The molecule has 0 aliphatic heterocycles. The fraction of sp³-hybridized carbons (Fsp3) is 0.533. The maximum absolute atomic E-state index is 12.6. The van der Waals surface area contributed by atoms with Gasteiger partial charge >= 0.3 is 0 Å². The Morgan fingerprint density at radius 2 is 2.10 bits per heavy atom. The number of nitrogens with zero attached hydrogens (tertiary/aromatic N) is 1. The van der Waals surface area contributed by atoms with Gasteiger partial charge in [-0.3, -0.25) is 4.79 Å². The molecule has 2 rings (SSSR count). The number of hydrogen-bond donors (Lipinski definition) is 1. The van der Waals surface area contributed by atoms with Gasteiger partial charge in [-0.05, 0) is 37.5 Å². The van der Waals surface area contributed by atoms with Crippen LogP contribution in [0.5, 0.6) is 0 Å². The molecule has 110 valence electrons. The monoisotopic (exact) mass is 314 g/mol. The second-order valence-electron chi connectivity index (χ2n) is 5.60. The van der Waals surface area contributed by atoms with E-state index in [0.717, 1.165) is 24.8 Å².